The number of hydrogen-bond acceptors (Lipinski definition) is 4. The molecular formula is C16H28N2O2S. The first-order valence-corrected chi connectivity index (χ1v) is 9.42. The Morgan fingerprint density at radius 2 is 1.76 bits per heavy atom. The van der Waals surface area contributed by atoms with E-state index in [0.29, 0.717) is 29.5 Å². The highest BCUT2D eigenvalue weighted by molar-refractivity contribution is 7.91. The van der Waals surface area contributed by atoms with Crippen LogP contribution in [0.4, 0.5) is 5.69 Å². The van der Waals surface area contributed by atoms with E-state index >= 15 is 0 Å². The van der Waals surface area contributed by atoms with E-state index < -0.39 is 9.84 Å². The maximum Gasteiger partial charge on any atom is 0.180 e. The van der Waals surface area contributed by atoms with Crippen LogP contribution < -0.4 is 11.1 Å². The maximum absolute atomic E-state index is 12.3. The number of sulfone groups is 1. The fourth-order valence-electron chi connectivity index (χ4n) is 2.55. The Morgan fingerprint density at radius 1 is 1.14 bits per heavy atom. The van der Waals surface area contributed by atoms with Crippen LogP contribution in [0.5, 0.6) is 0 Å². The van der Waals surface area contributed by atoms with Crippen LogP contribution in [0.25, 0.3) is 0 Å². The van der Waals surface area contributed by atoms with Gasteiger partial charge in [0.2, 0.25) is 0 Å². The molecule has 0 saturated heterocycles. The van der Waals surface area contributed by atoms with Gasteiger partial charge >= 0.3 is 0 Å². The molecule has 120 valence electrons. The highest BCUT2D eigenvalue weighted by Gasteiger charge is 2.19. The molecule has 5 heteroatoms. The largest absolute Gasteiger partial charge is 0.382 e. The summed E-state index contributed by atoms with van der Waals surface area (Å²) in [6, 6.07) is 7.10. The predicted molar refractivity (Wildman–Crippen MR) is 89.3 cm³/mol. The van der Waals surface area contributed by atoms with Crippen molar-refractivity contribution in [2.24, 2.45) is 11.7 Å². The minimum absolute atomic E-state index is 0.0296. The van der Waals surface area contributed by atoms with Crippen molar-refractivity contribution in [3.8, 4) is 0 Å². The summed E-state index contributed by atoms with van der Waals surface area (Å²) in [4.78, 5) is 0.378. The van der Waals surface area contributed by atoms with E-state index in [1.807, 2.05) is 19.1 Å². The average molecular weight is 312 g/mol. The van der Waals surface area contributed by atoms with Crippen LogP contribution >= 0.6 is 0 Å². The summed E-state index contributed by atoms with van der Waals surface area (Å²) in [5, 5.41) is 3.22. The first kappa shape index (κ1) is 18.0. The van der Waals surface area contributed by atoms with Gasteiger partial charge in [-0.15, -0.1) is 0 Å². The zero-order valence-corrected chi connectivity index (χ0v) is 14.1. The Bertz CT molecular complexity index is 525. The minimum atomic E-state index is -3.22. The molecule has 0 saturated carbocycles. The summed E-state index contributed by atoms with van der Waals surface area (Å²) >= 11 is 0. The lowest BCUT2D eigenvalue weighted by atomic mass is 9.95. The van der Waals surface area contributed by atoms with Gasteiger partial charge in [-0.3, -0.25) is 0 Å². The number of nitrogens with two attached hydrogens (primary N) is 1. The maximum atomic E-state index is 12.3. The Hall–Kier alpha value is -1.07. The number of benzene rings is 1. The van der Waals surface area contributed by atoms with Gasteiger partial charge in [0.25, 0.3) is 0 Å². The smallest absolute Gasteiger partial charge is 0.180 e. The molecule has 1 unspecified atom stereocenters. The molecule has 0 bridgehead atoms. The molecule has 21 heavy (non-hydrogen) atoms. The second-order valence-corrected chi connectivity index (χ2v) is 7.51. The Balaban J connectivity index is 2.86. The van der Waals surface area contributed by atoms with Gasteiger partial charge in [0.1, 0.15) is 0 Å². The van der Waals surface area contributed by atoms with E-state index in [1.54, 1.807) is 12.1 Å². The van der Waals surface area contributed by atoms with Crippen molar-refractivity contribution in [1.29, 1.82) is 0 Å². The van der Waals surface area contributed by atoms with Gasteiger partial charge in [-0.2, -0.15) is 0 Å². The fraction of sp³-hybridized carbons (Fsp3) is 0.625. The molecular weight excluding hydrogens is 284 g/mol. The third-order valence-corrected chi connectivity index (χ3v) is 5.85. The van der Waals surface area contributed by atoms with Crippen molar-refractivity contribution in [1.82, 2.24) is 0 Å². The zero-order valence-electron chi connectivity index (χ0n) is 13.3. The quantitative estimate of drug-likeness (QED) is 0.735. The van der Waals surface area contributed by atoms with Gasteiger partial charge in [0, 0.05) is 12.6 Å². The average Bonchev–Trinajstić information content (AvgIpc) is 2.46. The molecule has 0 aromatic heterocycles. The number of para-hydroxylation sites is 1. The summed E-state index contributed by atoms with van der Waals surface area (Å²) in [5.74, 6) is 0.626. The second-order valence-electron chi connectivity index (χ2n) is 5.44. The third-order valence-electron chi connectivity index (χ3n) is 3.88. The van der Waals surface area contributed by atoms with Gasteiger partial charge in [0.15, 0.2) is 9.84 Å². The SMILES string of the molecule is CCCS(=O)(=O)c1ccccc1NCC(N)C(CC)CC. The van der Waals surface area contributed by atoms with Crippen LogP contribution in [0, 0.1) is 5.92 Å². The Labute approximate surface area is 129 Å². The molecule has 3 N–H and O–H groups in total. The number of hydrogen-bond donors (Lipinski definition) is 2. The molecule has 0 aliphatic rings. The standard InChI is InChI=1S/C16H28N2O2S/c1-4-11-21(19,20)16-10-8-7-9-15(16)18-12-14(17)13(5-2)6-3/h7-10,13-14,18H,4-6,11-12,17H2,1-3H3. The topological polar surface area (TPSA) is 72.2 Å². The van der Waals surface area contributed by atoms with Crippen LogP contribution in [0.2, 0.25) is 0 Å². The molecule has 1 aromatic rings. The van der Waals surface area contributed by atoms with Gasteiger partial charge < -0.3 is 11.1 Å². The molecule has 0 aliphatic carbocycles. The second kappa shape index (κ2) is 8.39. The Morgan fingerprint density at radius 3 is 2.33 bits per heavy atom. The summed E-state index contributed by atoms with van der Waals surface area (Å²) in [6.07, 6.45) is 2.69. The highest BCUT2D eigenvalue weighted by atomic mass is 32.2. The van der Waals surface area contributed by atoms with Crippen molar-refractivity contribution >= 4 is 15.5 Å². The lowest BCUT2D eigenvalue weighted by Crippen LogP contribution is -2.36. The minimum Gasteiger partial charge on any atom is -0.382 e. The van der Waals surface area contributed by atoms with E-state index in [2.05, 4.69) is 19.2 Å². The van der Waals surface area contributed by atoms with Crippen molar-refractivity contribution in [3.63, 3.8) is 0 Å². The summed E-state index contributed by atoms with van der Waals surface area (Å²) in [6.45, 7) is 6.73. The van der Waals surface area contributed by atoms with Crippen LogP contribution in [0.1, 0.15) is 40.0 Å². The van der Waals surface area contributed by atoms with Crippen LogP contribution in [0.3, 0.4) is 0 Å². The molecule has 1 rings (SSSR count). The molecule has 0 radical (unpaired) electrons. The number of nitrogens with one attached hydrogen (secondary N) is 1. The van der Waals surface area contributed by atoms with E-state index in [-0.39, 0.29) is 11.8 Å². The summed E-state index contributed by atoms with van der Waals surface area (Å²) in [5.41, 5.74) is 6.85. The molecule has 0 fully saturated rings. The van der Waals surface area contributed by atoms with E-state index in [4.69, 9.17) is 5.73 Å². The first-order chi connectivity index (χ1) is 9.96. The van der Waals surface area contributed by atoms with Crippen LogP contribution in [-0.4, -0.2) is 26.8 Å². The van der Waals surface area contributed by atoms with Crippen molar-refractivity contribution < 1.29 is 8.42 Å². The van der Waals surface area contributed by atoms with Gasteiger partial charge in [-0.1, -0.05) is 45.7 Å². The zero-order chi connectivity index (χ0) is 15.9. The molecule has 0 amide bonds. The van der Waals surface area contributed by atoms with Crippen LogP contribution in [0.15, 0.2) is 29.2 Å². The lowest BCUT2D eigenvalue weighted by Gasteiger charge is -2.22. The van der Waals surface area contributed by atoms with Gasteiger partial charge in [0.05, 0.1) is 16.3 Å². The molecule has 0 heterocycles. The summed E-state index contributed by atoms with van der Waals surface area (Å²) < 4.78 is 24.5. The molecule has 1 atom stereocenters. The van der Waals surface area contributed by atoms with Crippen LogP contribution in [-0.2, 0) is 9.84 Å². The van der Waals surface area contributed by atoms with Crippen molar-refractivity contribution in [2.45, 2.75) is 51.0 Å². The fourth-order valence-corrected chi connectivity index (χ4v) is 4.07. The van der Waals surface area contributed by atoms with Crippen molar-refractivity contribution in [3.05, 3.63) is 24.3 Å². The molecule has 1 aromatic carbocycles. The number of anilines is 1. The predicted octanol–water partition coefficient (Wildman–Crippen LogP) is 3.05. The summed E-state index contributed by atoms with van der Waals surface area (Å²) in [7, 11) is -3.22. The van der Waals surface area contributed by atoms with E-state index in [1.165, 1.54) is 0 Å². The van der Waals surface area contributed by atoms with Gasteiger partial charge in [-0.25, -0.2) is 8.42 Å². The Kier molecular flexibility index (Phi) is 7.18. The number of rotatable bonds is 9. The highest BCUT2D eigenvalue weighted by Crippen LogP contribution is 2.23. The normalized spacial score (nSPS) is 13.4. The molecule has 0 spiro atoms. The molecule has 0 aliphatic heterocycles. The van der Waals surface area contributed by atoms with E-state index in [9.17, 15) is 8.42 Å². The van der Waals surface area contributed by atoms with Gasteiger partial charge in [-0.05, 0) is 24.5 Å². The monoisotopic (exact) mass is 312 g/mol. The third kappa shape index (κ3) is 5.00. The first-order valence-electron chi connectivity index (χ1n) is 7.77. The van der Waals surface area contributed by atoms with Crippen molar-refractivity contribution in [2.75, 3.05) is 17.6 Å². The lowest BCUT2D eigenvalue weighted by molar-refractivity contribution is 0.407. The molecule has 4 nitrogen and oxygen atoms in total. The van der Waals surface area contributed by atoms with E-state index in [0.717, 1.165) is 12.8 Å².